The summed E-state index contributed by atoms with van der Waals surface area (Å²) in [6.07, 6.45) is 4.34. The first kappa shape index (κ1) is 15.0. The molecule has 0 aromatic carbocycles. The second-order valence-corrected chi connectivity index (χ2v) is 6.45. The van der Waals surface area contributed by atoms with E-state index in [9.17, 15) is 9.59 Å². The van der Waals surface area contributed by atoms with E-state index < -0.39 is 5.97 Å². The zero-order valence-electron chi connectivity index (χ0n) is 12.0. The molecule has 1 heterocycles. The van der Waals surface area contributed by atoms with Crippen LogP contribution in [0.4, 0.5) is 0 Å². The van der Waals surface area contributed by atoms with Crippen LogP contribution in [0.25, 0.3) is 0 Å². The third kappa shape index (κ3) is 4.07. The minimum atomic E-state index is -0.412. The number of esters is 1. The molecule has 0 aliphatic heterocycles. The Kier molecular flexibility index (Phi) is 5.17. The van der Waals surface area contributed by atoms with Gasteiger partial charge < -0.3 is 10.1 Å². The van der Waals surface area contributed by atoms with Crippen molar-refractivity contribution in [3.63, 3.8) is 0 Å². The van der Waals surface area contributed by atoms with Gasteiger partial charge >= 0.3 is 5.97 Å². The molecule has 0 spiro atoms. The van der Waals surface area contributed by atoms with Crippen LogP contribution in [0.5, 0.6) is 0 Å². The third-order valence-corrected chi connectivity index (χ3v) is 4.76. The van der Waals surface area contributed by atoms with Gasteiger partial charge in [0, 0.05) is 6.04 Å². The second kappa shape index (κ2) is 6.88. The molecular formula is C15H21NO3S. The van der Waals surface area contributed by atoms with Gasteiger partial charge in [0.1, 0.15) is 4.88 Å². The Labute approximate surface area is 123 Å². The molecule has 2 rings (SSSR count). The maximum Gasteiger partial charge on any atom is 0.349 e. The van der Waals surface area contributed by atoms with E-state index in [1.54, 1.807) is 0 Å². The highest BCUT2D eigenvalue weighted by atomic mass is 32.1. The van der Waals surface area contributed by atoms with E-state index in [0.29, 0.717) is 4.88 Å². The van der Waals surface area contributed by atoms with Crippen molar-refractivity contribution in [3.05, 3.63) is 21.9 Å². The van der Waals surface area contributed by atoms with Crippen LogP contribution in [-0.4, -0.2) is 24.5 Å². The lowest BCUT2D eigenvalue weighted by Crippen LogP contribution is -2.39. The molecule has 1 amide bonds. The number of carbonyl (C=O) groups excluding carboxylic acids is 2. The SMILES string of the molecule is Cc1ccsc1C(=O)OCC(=O)NC1CCC(C)CC1. The number of amides is 1. The molecular weight excluding hydrogens is 274 g/mol. The molecule has 1 aliphatic carbocycles. The summed E-state index contributed by atoms with van der Waals surface area (Å²) >= 11 is 1.34. The topological polar surface area (TPSA) is 55.4 Å². The number of nitrogens with one attached hydrogen (secondary N) is 1. The molecule has 1 N–H and O–H groups in total. The Bertz CT molecular complexity index is 475. The molecule has 0 atom stereocenters. The standard InChI is InChI=1S/C15H21NO3S/c1-10-3-5-12(6-4-10)16-13(17)9-19-15(18)14-11(2)7-8-20-14/h7-8,10,12H,3-6,9H2,1-2H3,(H,16,17). The number of hydrogen-bond donors (Lipinski definition) is 1. The summed E-state index contributed by atoms with van der Waals surface area (Å²) in [5, 5.41) is 4.78. The summed E-state index contributed by atoms with van der Waals surface area (Å²) in [4.78, 5) is 24.1. The first-order chi connectivity index (χ1) is 9.56. The normalized spacial score (nSPS) is 22.3. The minimum Gasteiger partial charge on any atom is -0.451 e. The van der Waals surface area contributed by atoms with E-state index in [2.05, 4.69) is 12.2 Å². The largest absolute Gasteiger partial charge is 0.451 e. The Hall–Kier alpha value is -1.36. The molecule has 20 heavy (non-hydrogen) atoms. The van der Waals surface area contributed by atoms with Crippen LogP contribution in [0, 0.1) is 12.8 Å². The maximum atomic E-state index is 11.8. The molecule has 1 aliphatic rings. The Balaban J connectivity index is 1.73. The van der Waals surface area contributed by atoms with Gasteiger partial charge in [-0.05, 0) is 55.5 Å². The zero-order valence-corrected chi connectivity index (χ0v) is 12.8. The lowest BCUT2D eigenvalue weighted by molar-refractivity contribution is -0.125. The van der Waals surface area contributed by atoms with E-state index in [1.807, 2.05) is 18.4 Å². The second-order valence-electron chi connectivity index (χ2n) is 5.53. The smallest absolute Gasteiger partial charge is 0.349 e. The number of aryl methyl sites for hydroxylation is 1. The lowest BCUT2D eigenvalue weighted by Gasteiger charge is -2.26. The highest BCUT2D eigenvalue weighted by Gasteiger charge is 2.20. The van der Waals surface area contributed by atoms with Crippen LogP contribution in [-0.2, 0) is 9.53 Å². The van der Waals surface area contributed by atoms with Crippen molar-refractivity contribution in [3.8, 4) is 0 Å². The molecule has 0 bridgehead atoms. The fraction of sp³-hybridized carbons (Fsp3) is 0.600. The highest BCUT2D eigenvalue weighted by Crippen LogP contribution is 2.23. The molecule has 0 radical (unpaired) electrons. The maximum absolute atomic E-state index is 11.8. The van der Waals surface area contributed by atoms with E-state index in [-0.39, 0.29) is 18.6 Å². The predicted octanol–water partition coefficient (Wildman–Crippen LogP) is 2.91. The van der Waals surface area contributed by atoms with Gasteiger partial charge in [0.05, 0.1) is 0 Å². The van der Waals surface area contributed by atoms with Gasteiger partial charge in [-0.1, -0.05) is 6.92 Å². The average molecular weight is 295 g/mol. The van der Waals surface area contributed by atoms with Crippen molar-refractivity contribution in [2.45, 2.75) is 45.6 Å². The van der Waals surface area contributed by atoms with Crippen molar-refractivity contribution >= 4 is 23.2 Å². The molecule has 5 heteroatoms. The van der Waals surface area contributed by atoms with Crippen molar-refractivity contribution in [2.75, 3.05) is 6.61 Å². The van der Waals surface area contributed by atoms with E-state index in [0.717, 1.165) is 37.2 Å². The van der Waals surface area contributed by atoms with Gasteiger partial charge in [-0.25, -0.2) is 4.79 Å². The van der Waals surface area contributed by atoms with Gasteiger partial charge in [-0.3, -0.25) is 4.79 Å². The average Bonchev–Trinajstić information content (AvgIpc) is 2.85. The monoisotopic (exact) mass is 295 g/mol. The first-order valence-corrected chi connectivity index (χ1v) is 7.95. The van der Waals surface area contributed by atoms with Gasteiger partial charge in [0.15, 0.2) is 6.61 Å². The lowest BCUT2D eigenvalue weighted by atomic mass is 9.87. The number of thiophene rings is 1. The van der Waals surface area contributed by atoms with Gasteiger partial charge in [-0.15, -0.1) is 11.3 Å². The molecule has 0 unspecified atom stereocenters. The van der Waals surface area contributed by atoms with Crippen molar-refractivity contribution in [1.29, 1.82) is 0 Å². The summed E-state index contributed by atoms with van der Waals surface area (Å²) in [6.45, 7) is 3.90. The summed E-state index contributed by atoms with van der Waals surface area (Å²) < 4.78 is 5.05. The van der Waals surface area contributed by atoms with Crippen LogP contribution in [0.3, 0.4) is 0 Å². The van der Waals surface area contributed by atoms with Crippen molar-refractivity contribution in [2.24, 2.45) is 5.92 Å². The van der Waals surface area contributed by atoms with Crippen LogP contribution >= 0.6 is 11.3 Å². The predicted molar refractivity (Wildman–Crippen MR) is 78.9 cm³/mol. The van der Waals surface area contributed by atoms with Crippen LogP contribution < -0.4 is 5.32 Å². The van der Waals surface area contributed by atoms with E-state index >= 15 is 0 Å². The summed E-state index contributed by atoms with van der Waals surface area (Å²) in [7, 11) is 0. The fourth-order valence-electron chi connectivity index (χ4n) is 2.45. The van der Waals surface area contributed by atoms with Crippen LogP contribution in [0.2, 0.25) is 0 Å². The number of rotatable bonds is 4. The third-order valence-electron chi connectivity index (χ3n) is 3.76. The fourth-order valence-corrected chi connectivity index (χ4v) is 3.27. The molecule has 1 aromatic heterocycles. The van der Waals surface area contributed by atoms with Gasteiger partial charge in [0.25, 0.3) is 5.91 Å². The summed E-state index contributed by atoms with van der Waals surface area (Å²) in [5.74, 6) is 0.139. The quantitative estimate of drug-likeness (QED) is 0.869. The number of hydrogen-bond acceptors (Lipinski definition) is 4. The Morgan fingerprint density at radius 3 is 2.65 bits per heavy atom. The molecule has 1 aromatic rings. The van der Waals surface area contributed by atoms with Crippen LogP contribution in [0.15, 0.2) is 11.4 Å². The van der Waals surface area contributed by atoms with Gasteiger partial charge in [-0.2, -0.15) is 0 Å². The zero-order chi connectivity index (χ0) is 14.5. The summed E-state index contributed by atoms with van der Waals surface area (Å²) in [5.41, 5.74) is 0.890. The van der Waals surface area contributed by atoms with Crippen molar-refractivity contribution in [1.82, 2.24) is 5.32 Å². The first-order valence-electron chi connectivity index (χ1n) is 7.07. The van der Waals surface area contributed by atoms with E-state index in [4.69, 9.17) is 4.74 Å². The molecule has 110 valence electrons. The Morgan fingerprint density at radius 1 is 1.35 bits per heavy atom. The van der Waals surface area contributed by atoms with Crippen LogP contribution in [0.1, 0.15) is 47.8 Å². The summed E-state index contributed by atoms with van der Waals surface area (Å²) in [6, 6.07) is 2.10. The minimum absolute atomic E-state index is 0.192. The highest BCUT2D eigenvalue weighted by molar-refractivity contribution is 7.12. The van der Waals surface area contributed by atoms with E-state index in [1.165, 1.54) is 11.3 Å². The number of carbonyl (C=O) groups is 2. The molecule has 0 saturated heterocycles. The van der Waals surface area contributed by atoms with Crippen molar-refractivity contribution < 1.29 is 14.3 Å². The molecule has 4 nitrogen and oxygen atoms in total. The number of ether oxygens (including phenoxy) is 1. The molecule has 1 fully saturated rings. The molecule has 1 saturated carbocycles. The van der Waals surface area contributed by atoms with Gasteiger partial charge in [0.2, 0.25) is 0 Å². The Morgan fingerprint density at radius 2 is 2.05 bits per heavy atom.